The molecular formula is C12H15NO4. The van der Waals surface area contributed by atoms with Gasteiger partial charge in [0.25, 0.3) is 5.91 Å². The Morgan fingerprint density at radius 3 is 2.29 bits per heavy atom. The highest BCUT2D eigenvalue weighted by atomic mass is 16.4. The first kappa shape index (κ1) is 13.2. The van der Waals surface area contributed by atoms with Crippen molar-refractivity contribution in [2.24, 2.45) is 0 Å². The Balaban J connectivity index is 2.62. The summed E-state index contributed by atoms with van der Waals surface area (Å²) in [6, 6.07) is 6.84. The molecule has 1 rings (SSSR count). The van der Waals surface area contributed by atoms with E-state index in [-0.39, 0.29) is 6.54 Å². The Kier molecular flexibility index (Phi) is 3.85. The lowest BCUT2D eigenvalue weighted by molar-refractivity contribution is -0.155. The van der Waals surface area contributed by atoms with Crippen molar-refractivity contribution in [1.29, 1.82) is 0 Å². The molecular weight excluding hydrogens is 222 g/mol. The molecule has 17 heavy (non-hydrogen) atoms. The van der Waals surface area contributed by atoms with Crippen molar-refractivity contribution in [3.8, 4) is 0 Å². The molecule has 1 amide bonds. The Bertz CT molecular complexity index is 423. The Morgan fingerprint density at radius 2 is 1.82 bits per heavy atom. The van der Waals surface area contributed by atoms with Crippen LogP contribution in [-0.2, 0) is 4.79 Å². The normalized spacial score (nSPS) is 13.8. The number of aliphatic carboxylic acids is 1. The number of aryl methyl sites for hydroxylation is 1. The average molecular weight is 237 g/mol. The summed E-state index contributed by atoms with van der Waals surface area (Å²) in [7, 11) is 0. The number of carboxylic acids is 1. The molecule has 0 aromatic heterocycles. The summed E-state index contributed by atoms with van der Waals surface area (Å²) in [5.41, 5.74) is -0.503. The third kappa shape index (κ3) is 3.57. The van der Waals surface area contributed by atoms with Crippen LogP contribution in [0.3, 0.4) is 0 Å². The van der Waals surface area contributed by atoms with Gasteiger partial charge in [-0.05, 0) is 26.0 Å². The van der Waals surface area contributed by atoms with Crippen LogP contribution in [0.2, 0.25) is 0 Å². The van der Waals surface area contributed by atoms with E-state index in [0.29, 0.717) is 5.56 Å². The SMILES string of the molecule is Cc1ccc(C(=O)NCC(C)(O)C(=O)O)cc1. The Labute approximate surface area is 99.1 Å². The molecule has 0 aliphatic carbocycles. The smallest absolute Gasteiger partial charge is 0.337 e. The van der Waals surface area contributed by atoms with Gasteiger partial charge in [0.1, 0.15) is 0 Å². The Morgan fingerprint density at radius 1 is 1.29 bits per heavy atom. The Hall–Kier alpha value is -1.88. The van der Waals surface area contributed by atoms with Crippen molar-refractivity contribution >= 4 is 11.9 Å². The van der Waals surface area contributed by atoms with Crippen molar-refractivity contribution in [2.45, 2.75) is 19.4 Å². The fraction of sp³-hybridized carbons (Fsp3) is 0.333. The molecule has 0 saturated heterocycles. The molecule has 0 spiro atoms. The first-order chi connectivity index (χ1) is 7.83. The number of carbonyl (C=O) groups excluding carboxylic acids is 1. The molecule has 1 aromatic carbocycles. The minimum Gasteiger partial charge on any atom is -0.479 e. The van der Waals surface area contributed by atoms with Gasteiger partial charge in [0.2, 0.25) is 0 Å². The van der Waals surface area contributed by atoms with Crippen LogP contribution in [0.4, 0.5) is 0 Å². The van der Waals surface area contributed by atoms with Crippen molar-refractivity contribution in [3.05, 3.63) is 35.4 Å². The van der Waals surface area contributed by atoms with E-state index in [0.717, 1.165) is 12.5 Å². The topological polar surface area (TPSA) is 86.6 Å². The van der Waals surface area contributed by atoms with Gasteiger partial charge in [-0.2, -0.15) is 0 Å². The second kappa shape index (κ2) is 4.97. The van der Waals surface area contributed by atoms with Gasteiger partial charge in [0.15, 0.2) is 5.60 Å². The quantitative estimate of drug-likeness (QED) is 0.714. The summed E-state index contributed by atoms with van der Waals surface area (Å²) in [6.45, 7) is 2.69. The van der Waals surface area contributed by atoms with Crippen LogP contribution in [0.1, 0.15) is 22.8 Å². The van der Waals surface area contributed by atoms with Crippen LogP contribution in [0.15, 0.2) is 24.3 Å². The van der Waals surface area contributed by atoms with E-state index < -0.39 is 17.5 Å². The minimum absolute atomic E-state index is 0.338. The molecule has 92 valence electrons. The highest BCUT2D eigenvalue weighted by Crippen LogP contribution is 2.05. The van der Waals surface area contributed by atoms with E-state index in [2.05, 4.69) is 5.32 Å². The van der Waals surface area contributed by atoms with Crippen LogP contribution in [0, 0.1) is 6.92 Å². The van der Waals surface area contributed by atoms with Gasteiger partial charge in [0.05, 0.1) is 6.54 Å². The number of amides is 1. The second-order valence-corrected chi connectivity index (χ2v) is 4.13. The zero-order valence-electron chi connectivity index (χ0n) is 9.73. The largest absolute Gasteiger partial charge is 0.479 e. The van der Waals surface area contributed by atoms with Crippen LogP contribution in [0.25, 0.3) is 0 Å². The van der Waals surface area contributed by atoms with Gasteiger partial charge in [-0.15, -0.1) is 0 Å². The summed E-state index contributed by atoms with van der Waals surface area (Å²) in [5, 5.41) is 20.4. The molecule has 5 nitrogen and oxygen atoms in total. The fourth-order valence-electron chi connectivity index (χ4n) is 1.14. The highest BCUT2D eigenvalue weighted by molar-refractivity contribution is 5.94. The summed E-state index contributed by atoms with van der Waals surface area (Å²) in [5.74, 6) is -1.78. The average Bonchev–Trinajstić information content (AvgIpc) is 2.27. The molecule has 0 radical (unpaired) electrons. The molecule has 0 fully saturated rings. The van der Waals surface area contributed by atoms with Crippen molar-refractivity contribution < 1.29 is 19.8 Å². The van der Waals surface area contributed by atoms with E-state index >= 15 is 0 Å². The molecule has 0 heterocycles. The summed E-state index contributed by atoms with van der Waals surface area (Å²) in [6.07, 6.45) is 0. The first-order valence-corrected chi connectivity index (χ1v) is 5.13. The van der Waals surface area contributed by atoms with Crippen molar-refractivity contribution in [1.82, 2.24) is 5.32 Å². The number of rotatable bonds is 4. The monoisotopic (exact) mass is 237 g/mol. The molecule has 1 aromatic rings. The van der Waals surface area contributed by atoms with Crippen LogP contribution in [0.5, 0.6) is 0 Å². The van der Waals surface area contributed by atoms with E-state index in [4.69, 9.17) is 5.11 Å². The molecule has 0 bridgehead atoms. The molecule has 0 aliphatic rings. The number of hydrogen-bond acceptors (Lipinski definition) is 3. The number of carbonyl (C=O) groups is 2. The van der Waals surface area contributed by atoms with Crippen LogP contribution >= 0.6 is 0 Å². The van der Waals surface area contributed by atoms with Gasteiger partial charge >= 0.3 is 5.97 Å². The maximum Gasteiger partial charge on any atom is 0.337 e. The molecule has 0 aliphatic heterocycles. The fourth-order valence-corrected chi connectivity index (χ4v) is 1.14. The lowest BCUT2D eigenvalue weighted by Crippen LogP contribution is -2.46. The number of carboxylic acid groups (broad SMARTS) is 1. The summed E-state index contributed by atoms with van der Waals surface area (Å²) < 4.78 is 0. The third-order valence-corrected chi connectivity index (χ3v) is 2.37. The first-order valence-electron chi connectivity index (χ1n) is 5.13. The zero-order chi connectivity index (χ0) is 13.1. The van der Waals surface area contributed by atoms with E-state index in [1.165, 1.54) is 0 Å². The van der Waals surface area contributed by atoms with Gasteiger partial charge in [-0.3, -0.25) is 4.79 Å². The lowest BCUT2D eigenvalue weighted by atomic mass is 10.1. The van der Waals surface area contributed by atoms with E-state index in [1.807, 2.05) is 6.92 Å². The van der Waals surface area contributed by atoms with Gasteiger partial charge in [-0.1, -0.05) is 17.7 Å². The number of benzene rings is 1. The number of hydrogen-bond donors (Lipinski definition) is 3. The maximum absolute atomic E-state index is 11.6. The standard InChI is InChI=1S/C12H15NO4/c1-8-3-5-9(6-4-8)10(14)13-7-12(2,17)11(15)16/h3-6,17H,7H2,1-2H3,(H,13,14)(H,15,16). The number of nitrogens with one attached hydrogen (secondary N) is 1. The predicted octanol–water partition coefficient (Wildman–Crippen LogP) is 0.560. The third-order valence-electron chi connectivity index (χ3n) is 2.37. The number of aliphatic hydroxyl groups is 1. The van der Waals surface area contributed by atoms with Gasteiger partial charge in [-0.25, -0.2) is 4.79 Å². The summed E-state index contributed by atoms with van der Waals surface area (Å²) >= 11 is 0. The van der Waals surface area contributed by atoms with Crippen molar-refractivity contribution in [3.63, 3.8) is 0 Å². The molecule has 3 N–H and O–H groups in total. The van der Waals surface area contributed by atoms with Gasteiger partial charge in [0, 0.05) is 5.56 Å². The highest BCUT2D eigenvalue weighted by Gasteiger charge is 2.30. The summed E-state index contributed by atoms with van der Waals surface area (Å²) in [4.78, 5) is 22.2. The molecule has 1 atom stereocenters. The van der Waals surface area contributed by atoms with Crippen LogP contribution in [-0.4, -0.2) is 34.2 Å². The second-order valence-electron chi connectivity index (χ2n) is 4.13. The molecule has 5 heteroatoms. The molecule has 0 saturated carbocycles. The molecule has 1 unspecified atom stereocenters. The zero-order valence-corrected chi connectivity index (χ0v) is 9.73. The van der Waals surface area contributed by atoms with E-state index in [1.54, 1.807) is 24.3 Å². The minimum atomic E-state index is -1.96. The lowest BCUT2D eigenvalue weighted by Gasteiger charge is -2.18. The van der Waals surface area contributed by atoms with Crippen molar-refractivity contribution in [2.75, 3.05) is 6.54 Å². The van der Waals surface area contributed by atoms with Gasteiger partial charge < -0.3 is 15.5 Å². The van der Waals surface area contributed by atoms with Crippen LogP contribution < -0.4 is 5.32 Å². The predicted molar refractivity (Wildman–Crippen MR) is 61.8 cm³/mol. The van der Waals surface area contributed by atoms with E-state index in [9.17, 15) is 14.7 Å². The maximum atomic E-state index is 11.6.